The largest absolute Gasteiger partial charge is 0.393 e. The lowest BCUT2D eigenvalue weighted by atomic mass is 9.82. The molecule has 1 saturated carbocycles. The zero-order valence-electron chi connectivity index (χ0n) is 6.64. The highest BCUT2D eigenvalue weighted by molar-refractivity contribution is 4.87. The lowest BCUT2D eigenvalue weighted by molar-refractivity contribution is -0.187. The predicted octanol–water partition coefficient (Wildman–Crippen LogP) is 1.00. The van der Waals surface area contributed by atoms with Crippen molar-refractivity contribution in [3.8, 4) is 0 Å². The van der Waals surface area contributed by atoms with Gasteiger partial charge in [0.15, 0.2) is 0 Å². The summed E-state index contributed by atoms with van der Waals surface area (Å²) in [5.41, 5.74) is 10.8. The summed E-state index contributed by atoms with van der Waals surface area (Å²) >= 11 is 0. The van der Waals surface area contributed by atoms with Crippen LogP contribution < -0.4 is 11.5 Å². The fourth-order valence-corrected chi connectivity index (χ4v) is 1.60. The van der Waals surface area contributed by atoms with Gasteiger partial charge in [0.05, 0.1) is 5.92 Å². The first kappa shape index (κ1) is 9.80. The molecule has 3 unspecified atom stereocenters. The minimum Gasteiger partial charge on any atom is -0.328 e. The zero-order chi connectivity index (χ0) is 9.35. The lowest BCUT2D eigenvalue weighted by Gasteiger charge is -2.33. The molecule has 0 aromatic heterocycles. The highest BCUT2D eigenvalue weighted by atomic mass is 19.4. The van der Waals surface area contributed by atoms with Gasteiger partial charge in [-0.25, -0.2) is 0 Å². The topological polar surface area (TPSA) is 52.0 Å². The van der Waals surface area contributed by atoms with Gasteiger partial charge in [0.2, 0.25) is 0 Å². The third kappa shape index (κ3) is 2.10. The molecule has 0 spiro atoms. The number of halogens is 3. The third-order valence-corrected chi connectivity index (χ3v) is 2.36. The van der Waals surface area contributed by atoms with Gasteiger partial charge in [-0.05, 0) is 19.3 Å². The van der Waals surface area contributed by atoms with Crippen LogP contribution in [0.4, 0.5) is 13.2 Å². The zero-order valence-corrected chi connectivity index (χ0v) is 6.64. The van der Waals surface area contributed by atoms with E-state index < -0.39 is 18.1 Å². The Morgan fingerprint density at radius 3 is 2.08 bits per heavy atom. The second kappa shape index (κ2) is 3.22. The van der Waals surface area contributed by atoms with Gasteiger partial charge >= 0.3 is 6.18 Å². The molecule has 5 heteroatoms. The summed E-state index contributed by atoms with van der Waals surface area (Å²) in [6.07, 6.45) is -3.22. The Balaban J connectivity index is 2.61. The average molecular weight is 182 g/mol. The second-order valence-corrected chi connectivity index (χ2v) is 3.39. The van der Waals surface area contributed by atoms with E-state index in [9.17, 15) is 13.2 Å². The number of hydrogen-bond donors (Lipinski definition) is 2. The van der Waals surface area contributed by atoms with E-state index in [0.29, 0.717) is 12.8 Å². The molecule has 72 valence electrons. The highest BCUT2D eigenvalue weighted by Crippen LogP contribution is 2.36. The summed E-state index contributed by atoms with van der Waals surface area (Å²) in [6.45, 7) is 0. The Labute approximate surface area is 69.1 Å². The van der Waals surface area contributed by atoms with Crippen molar-refractivity contribution < 1.29 is 13.2 Å². The maximum atomic E-state index is 12.2. The van der Waals surface area contributed by atoms with Gasteiger partial charge in [0.25, 0.3) is 0 Å². The van der Waals surface area contributed by atoms with Crippen molar-refractivity contribution in [2.24, 2.45) is 17.4 Å². The molecule has 0 bridgehead atoms. The molecular formula is C7H13F3N2. The second-order valence-electron chi connectivity index (χ2n) is 3.39. The molecule has 0 aliphatic heterocycles. The fraction of sp³-hybridized carbons (Fsp3) is 1.00. The van der Waals surface area contributed by atoms with Crippen LogP contribution in [0.5, 0.6) is 0 Å². The van der Waals surface area contributed by atoms with E-state index in [0.717, 1.165) is 0 Å². The molecule has 1 fully saturated rings. The fourth-order valence-electron chi connectivity index (χ4n) is 1.60. The normalized spacial score (nSPS) is 38.2. The molecule has 0 radical (unpaired) electrons. The van der Waals surface area contributed by atoms with Gasteiger partial charge in [0.1, 0.15) is 0 Å². The first-order valence-electron chi connectivity index (χ1n) is 3.99. The van der Waals surface area contributed by atoms with E-state index in [1.54, 1.807) is 0 Å². The van der Waals surface area contributed by atoms with Gasteiger partial charge < -0.3 is 11.5 Å². The van der Waals surface area contributed by atoms with Crippen molar-refractivity contribution >= 4 is 0 Å². The molecule has 2 nitrogen and oxygen atoms in total. The summed E-state index contributed by atoms with van der Waals surface area (Å²) in [7, 11) is 0. The van der Waals surface area contributed by atoms with Crippen LogP contribution in [-0.4, -0.2) is 18.3 Å². The summed E-state index contributed by atoms with van der Waals surface area (Å²) in [6, 6.07) is -1.10. The molecule has 0 aromatic rings. The first-order chi connectivity index (χ1) is 5.41. The quantitative estimate of drug-likeness (QED) is 0.587. The van der Waals surface area contributed by atoms with Crippen molar-refractivity contribution in [3.63, 3.8) is 0 Å². The number of nitrogens with two attached hydrogens (primary N) is 2. The summed E-state index contributed by atoms with van der Waals surface area (Å²) < 4.78 is 36.7. The van der Waals surface area contributed by atoms with Gasteiger partial charge in [-0.15, -0.1) is 0 Å². The van der Waals surface area contributed by atoms with Crippen molar-refractivity contribution in [2.45, 2.75) is 37.5 Å². The van der Waals surface area contributed by atoms with Crippen LogP contribution in [0.1, 0.15) is 19.3 Å². The first-order valence-corrected chi connectivity index (χ1v) is 3.99. The van der Waals surface area contributed by atoms with Gasteiger partial charge in [0, 0.05) is 12.1 Å². The van der Waals surface area contributed by atoms with Crippen molar-refractivity contribution in [3.05, 3.63) is 0 Å². The molecule has 0 heterocycles. The molecule has 0 amide bonds. The van der Waals surface area contributed by atoms with E-state index in [4.69, 9.17) is 11.5 Å². The van der Waals surface area contributed by atoms with Crippen molar-refractivity contribution in [1.82, 2.24) is 0 Å². The minimum atomic E-state index is -4.18. The van der Waals surface area contributed by atoms with Crippen LogP contribution in [0.15, 0.2) is 0 Å². The smallest absolute Gasteiger partial charge is 0.328 e. The maximum absolute atomic E-state index is 12.2. The van der Waals surface area contributed by atoms with Crippen LogP contribution in [0, 0.1) is 5.92 Å². The Morgan fingerprint density at radius 1 is 1.08 bits per heavy atom. The minimum absolute atomic E-state index is 0.0231. The molecule has 12 heavy (non-hydrogen) atoms. The molecule has 1 rings (SSSR count). The molecule has 0 aromatic carbocycles. The predicted molar refractivity (Wildman–Crippen MR) is 39.3 cm³/mol. The number of hydrogen-bond acceptors (Lipinski definition) is 2. The summed E-state index contributed by atoms with van der Waals surface area (Å²) in [5.74, 6) is -1.40. The third-order valence-electron chi connectivity index (χ3n) is 2.36. The van der Waals surface area contributed by atoms with Crippen molar-refractivity contribution in [1.29, 1.82) is 0 Å². The standard InChI is InChI=1S/C7H13F3N2/c8-7(9,10)5-3-4(11)1-2-6(5)12/h4-6H,1-3,11-12H2. The van der Waals surface area contributed by atoms with Gasteiger partial charge in [-0.3, -0.25) is 0 Å². The van der Waals surface area contributed by atoms with E-state index in [1.165, 1.54) is 0 Å². The van der Waals surface area contributed by atoms with Gasteiger partial charge in [-0.2, -0.15) is 13.2 Å². The summed E-state index contributed by atoms with van der Waals surface area (Å²) in [5, 5.41) is 0. The van der Waals surface area contributed by atoms with E-state index in [2.05, 4.69) is 0 Å². The molecule has 3 atom stereocenters. The maximum Gasteiger partial charge on any atom is 0.393 e. The molecule has 0 saturated heterocycles. The highest BCUT2D eigenvalue weighted by Gasteiger charge is 2.45. The molecule has 1 aliphatic rings. The Hall–Kier alpha value is -0.290. The van der Waals surface area contributed by atoms with Gasteiger partial charge in [-0.1, -0.05) is 0 Å². The van der Waals surface area contributed by atoms with Crippen LogP contribution in [-0.2, 0) is 0 Å². The Kier molecular flexibility index (Phi) is 2.63. The van der Waals surface area contributed by atoms with Crippen LogP contribution >= 0.6 is 0 Å². The summed E-state index contributed by atoms with van der Waals surface area (Å²) in [4.78, 5) is 0. The van der Waals surface area contributed by atoms with Crippen LogP contribution in [0.2, 0.25) is 0 Å². The number of rotatable bonds is 0. The lowest BCUT2D eigenvalue weighted by Crippen LogP contribution is -2.47. The SMILES string of the molecule is NC1CCC(N)C(C(F)(F)F)C1. The molecule has 4 N–H and O–H groups in total. The Morgan fingerprint density at radius 2 is 1.67 bits per heavy atom. The average Bonchev–Trinajstić information content (AvgIpc) is 1.92. The van der Waals surface area contributed by atoms with Crippen molar-refractivity contribution in [2.75, 3.05) is 0 Å². The molecular weight excluding hydrogens is 169 g/mol. The van der Waals surface area contributed by atoms with E-state index in [-0.39, 0.29) is 12.5 Å². The van der Waals surface area contributed by atoms with Crippen LogP contribution in [0.3, 0.4) is 0 Å². The number of alkyl halides is 3. The van der Waals surface area contributed by atoms with E-state index in [1.807, 2.05) is 0 Å². The molecule has 1 aliphatic carbocycles. The monoisotopic (exact) mass is 182 g/mol. The van der Waals surface area contributed by atoms with Crippen LogP contribution in [0.25, 0.3) is 0 Å². The Bertz CT molecular complexity index is 157. The van der Waals surface area contributed by atoms with E-state index >= 15 is 0 Å².